The number of carbonyl (C=O) groups excluding carboxylic acids is 1. The highest BCUT2D eigenvalue weighted by molar-refractivity contribution is 6.04. The Morgan fingerprint density at radius 2 is 1.74 bits per heavy atom. The zero-order valence-corrected chi connectivity index (χ0v) is 19.3. The molecule has 1 fully saturated rings. The lowest BCUT2D eigenvalue weighted by Crippen LogP contribution is -2.33. The van der Waals surface area contributed by atoms with Crippen LogP contribution in [0.4, 0.5) is 27.6 Å². The lowest BCUT2D eigenvalue weighted by atomic mass is 9.79. The Labute approximate surface area is 194 Å². The third-order valence-electron chi connectivity index (χ3n) is 5.68. The molecule has 1 heterocycles. The standard InChI is InChI=1S/C23H20F5N3O.C2H6/c1-13-3-4-15(5-14(13)2)21(32)30-18-6-17(23(26,27)28)7-19(8-18)31-11-20(29-12-31)16-9-22(24,25)10-16;1-2/h3-8,11-12,16H,9-10H2,1-2H3,(H,30,32);1-2H3. The molecule has 1 amide bonds. The molecule has 1 aliphatic carbocycles. The van der Waals surface area contributed by atoms with Gasteiger partial charge < -0.3 is 9.88 Å². The van der Waals surface area contributed by atoms with E-state index in [1.54, 1.807) is 18.2 Å². The molecule has 1 saturated carbocycles. The first-order valence-electron chi connectivity index (χ1n) is 10.9. The van der Waals surface area contributed by atoms with Gasteiger partial charge in [-0.1, -0.05) is 19.9 Å². The molecule has 1 aliphatic rings. The van der Waals surface area contributed by atoms with E-state index < -0.39 is 29.5 Å². The first-order valence-corrected chi connectivity index (χ1v) is 10.9. The maximum atomic E-state index is 13.5. The molecule has 3 aromatic rings. The van der Waals surface area contributed by atoms with Crippen molar-refractivity contribution in [1.29, 1.82) is 0 Å². The summed E-state index contributed by atoms with van der Waals surface area (Å²) in [6.45, 7) is 7.73. The van der Waals surface area contributed by atoms with Crippen LogP contribution in [0, 0.1) is 13.8 Å². The Bertz CT molecular complexity index is 1180. The zero-order chi connectivity index (χ0) is 25.3. The molecule has 4 rings (SSSR count). The van der Waals surface area contributed by atoms with Crippen molar-refractivity contribution in [2.75, 3.05) is 5.32 Å². The minimum absolute atomic E-state index is 0.0384. The van der Waals surface area contributed by atoms with E-state index in [0.717, 1.165) is 23.3 Å². The quantitative estimate of drug-likeness (QED) is 0.399. The first-order chi connectivity index (χ1) is 15.9. The SMILES string of the molecule is CC.Cc1ccc(C(=O)Nc2cc(-n3cnc(C4CC(F)(F)C4)c3)cc(C(F)(F)F)c2)cc1C. The molecule has 1 aromatic heterocycles. The molecule has 2 aromatic carbocycles. The van der Waals surface area contributed by atoms with Crippen molar-refractivity contribution in [1.82, 2.24) is 9.55 Å². The molecular formula is C25H26F5N3O. The summed E-state index contributed by atoms with van der Waals surface area (Å²) in [5, 5.41) is 2.52. The van der Waals surface area contributed by atoms with Gasteiger partial charge >= 0.3 is 6.18 Å². The Hall–Kier alpha value is -3.23. The van der Waals surface area contributed by atoms with E-state index >= 15 is 0 Å². The number of hydrogen-bond donors (Lipinski definition) is 1. The number of rotatable bonds is 4. The average molecular weight is 479 g/mol. The number of nitrogens with one attached hydrogen (secondary N) is 1. The summed E-state index contributed by atoms with van der Waals surface area (Å²) in [6, 6.07) is 8.19. The molecule has 34 heavy (non-hydrogen) atoms. The number of hydrogen-bond acceptors (Lipinski definition) is 2. The van der Waals surface area contributed by atoms with Gasteiger partial charge in [0, 0.05) is 41.9 Å². The van der Waals surface area contributed by atoms with Gasteiger partial charge in [-0.25, -0.2) is 13.8 Å². The Morgan fingerprint density at radius 3 is 2.32 bits per heavy atom. The first kappa shape index (κ1) is 25.4. The topological polar surface area (TPSA) is 46.9 Å². The van der Waals surface area contributed by atoms with Crippen molar-refractivity contribution in [3.63, 3.8) is 0 Å². The highest BCUT2D eigenvalue weighted by Gasteiger charge is 2.46. The van der Waals surface area contributed by atoms with Crippen LogP contribution < -0.4 is 5.32 Å². The van der Waals surface area contributed by atoms with Crippen molar-refractivity contribution >= 4 is 11.6 Å². The van der Waals surface area contributed by atoms with Crippen molar-refractivity contribution in [3.05, 3.63) is 76.9 Å². The largest absolute Gasteiger partial charge is 0.416 e. The summed E-state index contributed by atoms with van der Waals surface area (Å²) < 4.78 is 68.1. The highest BCUT2D eigenvalue weighted by Crippen LogP contribution is 2.47. The molecule has 0 aliphatic heterocycles. The van der Waals surface area contributed by atoms with Crippen LogP contribution >= 0.6 is 0 Å². The number of carbonyl (C=O) groups is 1. The molecule has 0 bridgehead atoms. The van der Waals surface area contributed by atoms with Crippen molar-refractivity contribution < 1.29 is 26.7 Å². The summed E-state index contributed by atoms with van der Waals surface area (Å²) in [7, 11) is 0. The van der Waals surface area contributed by atoms with Gasteiger partial charge in [-0.2, -0.15) is 13.2 Å². The molecule has 0 saturated heterocycles. The van der Waals surface area contributed by atoms with E-state index in [4.69, 9.17) is 0 Å². The van der Waals surface area contributed by atoms with Crippen molar-refractivity contribution in [2.45, 2.75) is 58.6 Å². The fourth-order valence-electron chi connectivity index (χ4n) is 3.64. The number of imidazole rings is 1. The van der Waals surface area contributed by atoms with Gasteiger partial charge in [0.2, 0.25) is 5.92 Å². The minimum Gasteiger partial charge on any atom is -0.322 e. The Kier molecular flexibility index (Phi) is 7.14. The zero-order valence-electron chi connectivity index (χ0n) is 19.3. The predicted octanol–water partition coefficient (Wildman–Crippen LogP) is 7.30. The second kappa shape index (κ2) is 9.56. The third-order valence-corrected chi connectivity index (χ3v) is 5.68. The van der Waals surface area contributed by atoms with E-state index in [9.17, 15) is 26.7 Å². The van der Waals surface area contributed by atoms with Gasteiger partial charge in [-0.15, -0.1) is 0 Å². The number of anilines is 1. The number of amides is 1. The van der Waals surface area contributed by atoms with E-state index in [1.165, 1.54) is 23.2 Å². The summed E-state index contributed by atoms with van der Waals surface area (Å²) in [5.74, 6) is -3.70. The minimum atomic E-state index is -4.64. The van der Waals surface area contributed by atoms with E-state index in [2.05, 4.69) is 10.3 Å². The fraction of sp³-hybridized carbons (Fsp3) is 0.360. The number of alkyl halides is 5. The van der Waals surface area contributed by atoms with Gasteiger partial charge in [0.15, 0.2) is 0 Å². The van der Waals surface area contributed by atoms with E-state index in [0.29, 0.717) is 11.3 Å². The molecule has 1 N–H and O–H groups in total. The summed E-state index contributed by atoms with van der Waals surface area (Å²) in [5.41, 5.74) is 1.72. The molecule has 4 nitrogen and oxygen atoms in total. The molecule has 0 spiro atoms. The molecular weight excluding hydrogens is 453 g/mol. The van der Waals surface area contributed by atoms with Crippen molar-refractivity contribution in [2.24, 2.45) is 0 Å². The van der Waals surface area contributed by atoms with Crippen LogP contribution in [0.1, 0.15) is 65.3 Å². The van der Waals surface area contributed by atoms with Crippen LogP contribution in [0.2, 0.25) is 0 Å². The molecule has 182 valence electrons. The van der Waals surface area contributed by atoms with Crippen LogP contribution in [0.5, 0.6) is 0 Å². The van der Waals surface area contributed by atoms with Crippen LogP contribution in [0.3, 0.4) is 0 Å². The van der Waals surface area contributed by atoms with E-state index in [-0.39, 0.29) is 24.2 Å². The maximum absolute atomic E-state index is 13.5. The highest BCUT2D eigenvalue weighted by atomic mass is 19.4. The summed E-state index contributed by atoms with van der Waals surface area (Å²) >= 11 is 0. The van der Waals surface area contributed by atoms with Crippen LogP contribution in [0.25, 0.3) is 5.69 Å². The lowest BCUT2D eigenvalue weighted by Gasteiger charge is -2.33. The van der Waals surface area contributed by atoms with Crippen LogP contribution in [-0.2, 0) is 6.18 Å². The molecule has 9 heteroatoms. The molecule has 0 radical (unpaired) electrons. The fourth-order valence-corrected chi connectivity index (χ4v) is 3.64. The van der Waals surface area contributed by atoms with Gasteiger partial charge in [0.1, 0.15) is 0 Å². The summed E-state index contributed by atoms with van der Waals surface area (Å²) in [6.07, 6.45) is -2.57. The number of nitrogens with zero attached hydrogens (tertiary/aromatic N) is 2. The normalized spacial score (nSPS) is 15.2. The second-order valence-corrected chi connectivity index (χ2v) is 8.19. The maximum Gasteiger partial charge on any atom is 0.416 e. The lowest BCUT2D eigenvalue weighted by molar-refractivity contribution is -0.137. The smallest absolute Gasteiger partial charge is 0.322 e. The number of benzene rings is 2. The Balaban J connectivity index is 0.00000158. The average Bonchev–Trinajstić information content (AvgIpc) is 3.24. The van der Waals surface area contributed by atoms with Gasteiger partial charge in [-0.05, 0) is 55.3 Å². The van der Waals surface area contributed by atoms with Crippen molar-refractivity contribution in [3.8, 4) is 5.69 Å². The second-order valence-electron chi connectivity index (χ2n) is 8.19. The third kappa shape index (κ3) is 5.63. The van der Waals surface area contributed by atoms with Gasteiger partial charge in [0.25, 0.3) is 5.91 Å². The molecule has 0 unspecified atom stereocenters. The number of halogens is 5. The van der Waals surface area contributed by atoms with Crippen LogP contribution in [0.15, 0.2) is 48.9 Å². The van der Waals surface area contributed by atoms with Gasteiger partial charge in [-0.3, -0.25) is 4.79 Å². The molecule has 0 atom stereocenters. The number of aromatic nitrogens is 2. The van der Waals surface area contributed by atoms with Crippen LogP contribution in [-0.4, -0.2) is 21.4 Å². The predicted molar refractivity (Wildman–Crippen MR) is 121 cm³/mol. The van der Waals surface area contributed by atoms with Gasteiger partial charge in [0.05, 0.1) is 17.6 Å². The van der Waals surface area contributed by atoms with E-state index in [1.807, 2.05) is 27.7 Å². The number of aryl methyl sites for hydroxylation is 2. The monoisotopic (exact) mass is 479 g/mol. The Morgan fingerprint density at radius 1 is 1.06 bits per heavy atom. The summed E-state index contributed by atoms with van der Waals surface area (Å²) in [4.78, 5) is 16.7.